The first-order valence-corrected chi connectivity index (χ1v) is 11.3. The molecule has 2 aromatic carbocycles. The monoisotopic (exact) mass is 459 g/mol. The molecule has 7 nitrogen and oxygen atoms in total. The highest BCUT2D eigenvalue weighted by Gasteiger charge is 2.06. The van der Waals surface area contributed by atoms with Crippen molar-refractivity contribution < 1.29 is 4.74 Å². The van der Waals surface area contributed by atoms with Crippen molar-refractivity contribution in [3.8, 4) is 11.3 Å². The quantitative estimate of drug-likeness (QED) is 0.381. The summed E-state index contributed by atoms with van der Waals surface area (Å²) in [6.45, 7) is 11.7. The average molecular weight is 460 g/mol. The van der Waals surface area contributed by atoms with Gasteiger partial charge in [0.05, 0.1) is 18.8 Å². The first-order valence-electron chi connectivity index (χ1n) is 11.3. The maximum absolute atomic E-state index is 12.5. The Hall–Kier alpha value is -3.84. The van der Waals surface area contributed by atoms with Gasteiger partial charge in [-0.15, -0.1) is 0 Å². The third-order valence-corrected chi connectivity index (χ3v) is 5.09. The second kappa shape index (κ2) is 11.9. The summed E-state index contributed by atoms with van der Waals surface area (Å²) < 4.78 is 6.83. The van der Waals surface area contributed by atoms with Gasteiger partial charge in [-0.3, -0.25) is 4.79 Å². The molecule has 0 atom stereocenters. The molecule has 2 N–H and O–H groups in total. The first kappa shape index (κ1) is 24.8. The molecule has 0 fully saturated rings. The molecule has 0 aliphatic heterocycles. The molecule has 0 aliphatic carbocycles. The molecule has 0 saturated heterocycles. The van der Waals surface area contributed by atoms with Crippen LogP contribution in [0.15, 0.2) is 90.2 Å². The van der Waals surface area contributed by atoms with Gasteiger partial charge in [0.2, 0.25) is 0 Å². The summed E-state index contributed by atoms with van der Waals surface area (Å²) in [7, 11) is 4.09. The molecular formula is C27H33N5O2. The normalized spacial score (nSPS) is 10.7. The molecule has 1 heterocycles. The predicted molar refractivity (Wildman–Crippen MR) is 140 cm³/mol. The van der Waals surface area contributed by atoms with Crippen molar-refractivity contribution in [2.24, 2.45) is 0 Å². The Labute approximate surface area is 201 Å². The third-order valence-electron chi connectivity index (χ3n) is 5.09. The van der Waals surface area contributed by atoms with Gasteiger partial charge in [0.15, 0.2) is 5.88 Å². The summed E-state index contributed by atoms with van der Waals surface area (Å²) in [4.78, 5) is 14.6. The van der Waals surface area contributed by atoms with E-state index in [1.54, 1.807) is 12.1 Å². The van der Waals surface area contributed by atoms with E-state index in [1.807, 2.05) is 69.6 Å². The van der Waals surface area contributed by atoms with E-state index in [9.17, 15) is 4.79 Å². The van der Waals surface area contributed by atoms with Gasteiger partial charge >= 0.3 is 0 Å². The topological polar surface area (TPSA) is 71.4 Å². The van der Waals surface area contributed by atoms with Crippen LogP contribution in [0.5, 0.6) is 0 Å². The average Bonchev–Trinajstić information content (AvgIpc) is 2.80. The highest BCUT2D eigenvalue weighted by Crippen LogP contribution is 2.20. The van der Waals surface area contributed by atoms with Crippen LogP contribution >= 0.6 is 0 Å². The molecule has 0 amide bonds. The predicted octanol–water partition coefficient (Wildman–Crippen LogP) is 4.76. The Balaban J connectivity index is 1.71. The fourth-order valence-electron chi connectivity index (χ4n) is 3.36. The van der Waals surface area contributed by atoms with Crippen LogP contribution in [0.4, 0.5) is 11.4 Å². The van der Waals surface area contributed by atoms with E-state index < -0.39 is 0 Å². The molecular weight excluding hydrogens is 426 g/mol. The SMILES string of the molecule is C=C(CCN(C)C)Nc1ccc(-c2ccc(=O)n(Cc3cccc(NC(=C)OCC)c3)n2)cc1. The number of hydrogen-bond acceptors (Lipinski definition) is 6. The molecule has 0 radical (unpaired) electrons. The van der Waals surface area contributed by atoms with Gasteiger partial charge in [-0.2, -0.15) is 5.10 Å². The van der Waals surface area contributed by atoms with Crippen molar-refractivity contribution in [2.75, 3.05) is 37.9 Å². The van der Waals surface area contributed by atoms with Crippen molar-refractivity contribution in [3.05, 3.63) is 101 Å². The van der Waals surface area contributed by atoms with Crippen LogP contribution in [-0.4, -0.2) is 41.9 Å². The van der Waals surface area contributed by atoms with Crippen LogP contribution in [0, 0.1) is 0 Å². The van der Waals surface area contributed by atoms with E-state index in [2.05, 4.69) is 33.8 Å². The summed E-state index contributed by atoms with van der Waals surface area (Å²) in [6, 6.07) is 19.0. The number of nitrogens with zero attached hydrogens (tertiary/aromatic N) is 3. The van der Waals surface area contributed by atoms with Crippen LogP contribution in [0.25, 0.3) is 11.3 Å². The van der Waals surface area contributed by atoms with E-state index in [-0.39, 0.29) is 5.56 Å². The van der Waals surface area contributed by atoms with Gasteiger partial charge in [0.1, 0.15) is 0 Å². The minimum atomic E-state index is -0.156. The summed E-state index contributed by atoms with van der Waals surface area (Å²) in [5.74, 6) is 0.483. The van der Waals surface area contributed by atoms with Gasteiger partial charge in [-0.25, -0.2) is 4.68 Å². The van der Waals surface area contributed by atoms with Crippen molar-refractivity contribution >= 4 is 11.4 Å². The molecule has 0 unspecified atom stereocenters. The lowest BCUT2D eigenvalue weighted by atomic mass is 10.1. The number of benzene rings is 2. The Morgan fingerprint density at radius 3 is 2.50 bits per heavy atom. The van der Waals surface area contributed by atoms with Gasteiger partial charge < -0.3 is 20.3 Å². The zero-order valence-electron chi connectivity index (χ0n) is 20.2. The zero-order chi connectivity index (χ0) is 24.5. The molecule has 0 spiro atoms. The maximum atomic E-state index is 12.5. The van der Waals surface area contributed by atoms with E-state index in [0.29, 0.717) is 19.0 Å². The van der Waals surface area contributed by atoms with Gasteiger partial charge in [0.25, 0.3) is 5.56 Å². The number of rotatable bonds is 12. The fourth-order valence-corrected chi connectivity index (χ4v) is 3.36. The van der Waals surface area contributed by atoms with Crippen molar-refractivity contribution in [1.82, 2.24) is 14.7 Å². The summed E-state index contributed by atoms with van der Waals surface area (Å²) in [5.41, 5.74) is 5.23. The lowest BCUT2D eigenvalue weighted by Crippen LogP contribution is -2.22. The Morgan fingerprint density at radius 1 is 1.03 bits per heavy atom. The zero-order valence-corrected chi connectivity index (χ0v) is 20.2. The van der Waals surface area contributed by atoms with E-state index in [1.165, 1.54) is 4.68 Å². The Bertz CT molecular complexity index is 1180. The highest BCUT2D eigenvalue weighted by molar-refractivity contribution is 5.63. The summed E-state index contributed by atoms with van der Waals surface area (Å²) in [5, 5.41) is 11.0. The van der Waals surface area contributed by atoms with Gasteiger partial charge in [0, 0.05) is 35.2 Å². The van der Waals surface area contributed by atoms with Gasteiger partial charge in [-0.1, -0.05) is 30.8 Å². The second-order valence-corrected chi connectivity index (χ2v) is 8.26. The maximum Gasteiger partial charge on any atom is 0.267 e. The van der Waals surface area contributed by atoms with Crippen LogP contribution < -0.4 is 16.2 Å². The molecule has 7 heteroatoms. The number of hydrogen-bond donors (Lipinski definition) is 2. The number of ether oxygens (including phenoxy) is 1. The summed E-state index contributed by atoms with van der Waals surface area (Å²) >= 11 is 0. The minimum absolute atomic E-state index is 0.156. The minimum Gasteiger partial charge on any atom is -0.480 e. The lowest BCUT2D eigenvalue weighted by molar-refractivity contribution is 0.236. The van der Waals surface area contributed by atoms with Gasteiger partial charge in [-0.05, 0) is 69.9 Å². The van der Waals surface area contributed by atoms with Crippen molar-refractivity contribution in [3.63, 3.8) is 0 Å². The second-order valence-electron chi connectivity index (χ2n) is 8.26. The molecule has 0 bridgehead atoms. The molecule has 178 valence electrons. The van der Waals surface area contributed by atoms with Crippen LogP contribution in [0.2, 0.25) is 0 Å². The molecule has 0 aliphatic rings. The number of aromatic nitrogens is 2. The standard InChI is InChI=1S/C27H33N5O2/c1-6-34-21(3)29-25-9-7-8-22(18-25)19-32-27(33)15-14-26(30-32)23-10-12-24(13-11-23)28-20(2)16-17-31(4)5/h7-15,18,28-29H,2-3,6,16-17,19H2,1,4-5H3. The number of anilines is 2. The van der Waals surface area contributed by atoms with Crippen molar-refractivity contribution in [2.45, 2.75) is 19.9 Å². The fraction of sp³-hybridized carbons (Fsp3) is 0.259. The van der Waals surface area contributed by atoms with E-state index >= 15 is 0 Å². The molecule has 34 heavy (non-hydrogen) atoms. The molecule has 3 aromatic rings. The third kappa shape index (κ3) is 7.35. The molecule has 3 rings (SSSR count). The van der Waals surface area contributed by atoms with E-state index in [4.69, 9.17) is 4.74 Å². The Kier molecular flexibility index (Phi) is 8.65. The Morgan fingerprint density at radius 2 is 1.79 bits per heavy atom. The largest absolute Gasteiger partial charge is 0.480 e. The smallest absolute Gasteiger partial charge is 0.267 e. The summed E-state index contributed by atoms with van der Waals surface area (Å²) in [6.07, 6.45) is 0.873. The number of nitrogens with one attached hydrogen (secondary N) is 2. The van der Waals surface area contributed by atoms with Crippen LogP contribution in [0.3, 0.4) is 0 Å². The van der Waals surface area contributed by atoms with Crippen molar-refractivity contribution in [1.29, 1.82) is 0 Å². The lowest BCUT2D eigenvalue weighted by Gasteiger charge is -2.14. The van der Waals surface area contributed by atoms with Crippen LogP contribution in [-0.2, 0) is 11.3 Å². The highest BCUT2D eigenvalue weighted by atomic mass is 16.5. The molecule has 1 aromatic heterocycles. The van der Waals surface area contributed by atoms with Crippen LogP contribution in [0.1, 0.15) is 18.9 Å². The van der Waals surface area contributed by atoms with E-state index in [0.717, 1.165) is 46.9 Å². The first-order chi connectivity index (χ1) is 16.3. The molecule has 0 saturated carbocycles.